The van der Waals surface area contributed by atoms with Crippen LogP contribution in [0.2, 0.25) is 0 Å². The van der Waals surface area contributed by atoms with Crippen molar-refractivity contribution in [1.82, 2.24) is 0 Å². The van der Waals surface area contributed by atoms with Crippen LogP contribution in [-0.4, -0.2) is 12.1 Å². The van der Waals surface area contributed by atoms with Crippen molar-refractivity contribution < 1.29 is 0 Å². The summed E-state index contributed by atoms with van der Waals surface area (Å²) in [6.45, 7) is 7.35. The van der Waals surface area contributed by atoms with Gasteiger partial charge in [0.1, 0.15) is 0 Å². The molecular weight excluding hydrogens is 148 g/mol. The van der Waals surface area contributed by atoms with E-state index in [1.807, 2.05) is 0 Å². The molecule has 0 amide bonds. The smallest absolute Gasteiger partial charge is 0.0177 e. The molecule has 0 aromatic rings. The van der Waals surface area contributed by atoms with Gasteiger partial charge in [-0.2, -0.15) is 0 Å². The second kappa shape index (κ2) is 5.55. The maximum Gasteiger partial charge on any atom is 0.0177 e. The summed E-state index contributed by atoms with van der Waals surface area (Å²) in [5, 5.41) is 0. The molecule has 0 saturated heterocycles. The van der Waals surface area contributed by atoms with Crippen LogP contribution in [0.1, 0.15) is 46.5 Å². The maximum absolute atomic E-state index is 6.28. The second-order valence-corrected chi connectivity index (χ2v) is 4.03. The first-order valence-corrected chi connectivity index (χ1v) is 5.05. The van der Waals surface area contributed by atoms with Crippen molar-refractivity contribution in [2.45, 2.75) is 52.0 Å². The molecule has 0 aliphatic rings. The summed E-state index contributed by atoms with van der Waals surface area (Å²) < 4.78 is 0. The molecule has 2 heteroatoms. The van der Waals surface area contributed by atoms with Crippen molar-refractivity contribution >= 4 is 0 Å². The quantitative estimate of drug-likeness (QED) is 0.642. The van der Waals surface area contributed by atoms with Crippen molar-refractivity contribution in [2.24, 2.45) is 17.4 Å². The molecule has 0 aliphatic heterocycles. The molecule has 4 N–H and O–H groups in total. The van der Waals surface area contributed by atoms with Gasteiger partial charge in [-0.1, -0.05) is 27.2 Å². The van der Waals surface area contributed by atoms with E-state index >= 15 is 0 Å². The lowest BCUT2D eigenvalue weighted by atomic mass is 9.80. The molecule has 0 bridgehead atoms. The van der Waals surface area contributed by atoms with Crippen molar-refractivity contribution in [1.29, 1.82) is 0 Å². The Morgan fingerprint density at radius 2 is 1.83 bits per heavy atom. The molecule has 0 rings (SSSR count). The monoisotopic (exact) mass is 172 g/mol. The van der Waals surface area contributed by atoms with Gasteiger partial charge < -0.3 is 11.5 Å². The summed E-state index contributed by atoms with van der Waals surface area (Å²) >= 11 is 0. The first-order chi connectivity index (χ1) is 5.56. The van der Waals surface area contributed by atoms with E-state index in [9.17, 15) is 0 Å². The summed E-state index contributed by atoms with van der Waals surface area (Å²) in [4.78, 5) is 0. The van der Waals surface area contributed by atoms with Crippen molar-refractivity contribution in [3.05, 3.63) is 0 Å². The van der Waals surface area contributed by atoms with E-state index in [1.54, 1.807) is 0 Å². The lowest BCUT2D eigenvalue weighted by Crippen LogP contribution is -2.45. The van der Waals surface area contributed by atoms with Crippen LogP contribution in [0.15, 0.2) is 0 Å². The molecule has 12 heavy (non-hydrogen) atoms. The molecule has 0 saturated carbocycles. The highest BCUT2D eigenvalue weighted by molar-refractivity contribution is 4.86. The van der Waals surface area contributed by atoms with Gasteiger partial charge in [-0.25, -0.2) is 0 Å². The minimum absolute atomic E-state index is 0.0219. The summed E-state index contributed by atoms with van der Waals surface area (Å²) in [6.07, 6.45) is 4.40. The van der Waals surface area contributed by atoms with Gasteiger partial charge in [0, 0.05) is 5.54 Å². The Hall–Kier alpha value is -0.0800. The van der Waals surface area contributed by atoms with Crippen LogP contribution in [0.25, 0.3) is 0 Å². The van der Waals surface area contributed by atoms with Gasteiger partial charge in [-0.3, -0.25) is 0 Å². The van der Waals surface area contributed by atoms with Crippen molar-refractivity contribution in [3.63, 3.8) is 0 Å². The number of rotatable bonds is 6. The van der Waals surface area contributed by atoms with E-state index in [0.717, 1.165) is 25.8 Å². The lowest BCUT2D eigenvalue weighted by Gasteiger charge is -2.33. The minimum atomic E-state index is 0.0219. The molecule has 2 nitrogen and oxygen atoms in total. The molecular formula is C10H24N2. The van der Waals surface area contributed by atoms with Gasteiger partial charge in [0.15, 0.2) is 0 Å². The molecule has 0 radical (unpaired) electrons. The Labute approximate surface area is 76.7 Å². The van der Waals surface area contributed by atoms with Gasteiger partial charge in [0.05, 0.1) is 0 Å². The first-order valence-electron chi connectivity index (χ1n) is 5.05. The summed E-state index contributed by atoms with van der Waals surface area (Å²) in [5.41, 5.74) is 11.8. The second-order valence-electron chi connectivity index (χ2n) is 4.03. The SMILES string of the molecule is CCCC(N)(CCCN)C(C)C. The Balaban J connectivity index is 3.99. The zero-order valence-electron chi connectivity index (χ0n) is 8.77. The third kappa shape index (κ3) is 3.55. The molecule has 0 aromatic heterocycles. The topological polar surface area (TPSA) is 52.0 Å². The van der Waals surface area contributed by atoms with E-state index in [2.05, 4.69) is 20.8 Å². The summed E-state index contributed by atoms with van der Waals surface area (Å²) in [6, 6.07) is 0. The van der Waals surface area contributed by atoms with Gasteiger partial charge in [-0.15, -0.1) is 0 Å². The van der Waals surface area contributed by atoms with Crippen LogP contribution in [0.4, 0.5) is 0 Å². The number of hydrogen-bond acceptors (Lipinski definition) is 2. The van der Waals surface area contributed by atoms with Crippen LogP contribution in [0, 0.1) is 5.92 Å². The molecule has 1 unspecified atom stereocenters. The van der Waals surface area contributed by atoms with E-state index in [4.69, 9.17) is 11.5 Å². The Morgan fingerprint density at radius 1 is 1.25 bits per heavy atom. The van der Waals surface area contributed by atoms with Crippen LogP contribution in [-0.2, 0) is 0 Å². The Bertz CT molecular complexity index is 112. The highest BCUT2D eigenvalue weighted by Crippen LogP contribution is 2.24. The molecule has 1 atom stereocenters. The van der Waals surface area contributed by atoms with Gasteiger partial charge in [0.2, 0.25) is 0 Å². The number of hydrogen-bond donors (Lipinski definition) is 2. The van der Waals surface area contributed by atoms with Gasteiger partial charge in [-0.05, 0) is 31.7 Å². The highest BCUT2D eigenvalue weighted by atomic mass is 14.7. The highest BCUT2D eigenvalue weighted by Gasteiger charge is 2.26. The zero-order valence-corrected chi connectivity index (χ0v) is 8.77. The van der Waals surface area contributed by atoms with Crippen molar-refractivity contribution in [3.8, 4) is 0 Å². The van der Waals surface area contributed by atoms with Crippen LogP contribution in [0.3, 0.4) is 0 Å². The average Bonchev–Trinajstić information content (AvgIpc) is 2.01. The predicted octanol–water partition coefficient (Wildman–Crippen LogP) is 1.88. The van der Waals surface area contributed by atoms with E-state index in [-0.39, 0.29) is 5.54 Å². The van der Waals surface area contributed by atoms with Crippen LogP contribution in [0.5, 0.6) is 0 Å². The van der Waals surface area contributed by atoms with Gasteiger partial charge in [0.25, 0.3) is 0 Å². The maximum atomic E-state index is 6.28. The lowest BCUT2D eigenvalue weighted by molar-refractivity contribution is 0.261. The fourth-order valence-electron chi connectivity index (χ4n) is 1.60. The number of nitrogens with two attached hydrogens (primary N) is 2. The summed E-state index contributed by atoms with van der Waals surface area (Å²) in [5.74, 6) is 0.559. The van der Waals surface area contributed by atoms with E-state index < -0.39 is 0 Å². The first kappa shape index (κ1) is 11.9. The van der Waals surface area contributed by atoms with Crippen LogP contribution < -0.4 is 11.5 Å². The third-order valence-electron chi connectivity index (χ3n) is 2.71. The van der Waals surface area contributed by atoms with E-state index in [1.165, 1.54) is 6.42 Å². The fourth-order valence-corrected chi connectivity index (χ4v) is 1.60. The molecule has 0 fully saturated rings. The minimum Gasteiger partial charge on any atom is -0.330 e. The average molecular weight is 172 g/mol. The molecule has 0 aliphatic carbocycles. The normalized spacial score (nSPS) is 16.5. The Morgan fingerprint density at radius 3 is 2.17 bits per heavy atom. The summed E-state index contributed by atoms with van der Waals surface area (Å²) in [7, 11) is 0. The molecule has 0 aromatic carbocycles. The van der Waals surface area contributed by atoms with Crippen molar-refractivity contribution in [2.75, 3.05) is 6.54 Å². The zero-order chi connectivity index (χ0) is 9.61. The van der Waals surface area contributed by atoms with Crippen LogP contribution >= 0.6 is 0 Å². The molecule has 0 heterocycles. The molecule has 74 valence electrons. The standard InChI is InChI=1S/C10H24N2/c1-4-6-10(12,9(2)3)7-5-8-11/h9H,4-8,11-12H2,1-3H3. The predicted molar refractivity (Wildman–Crippen MR) is 55.0 cm³/mol. The largest absolute Gasteiger partial charge is 0.330 e. The van der Waals surface area contributed by atoms with E-state index in [0.29, 0.717) is 5.92 Å². The fraction of sp³-hybridized carbons (Fsp3) is 1.00. The van der Waals surface area contributed by atoms with Gasteiger partial charge >= 0.3 is 0 Å². The molecule has 0 spiro atoms. The third-order valence-corrected chi connectivity index (χ3v) is 2.71. The Kier molecular flexibility index (Phi) is 5.51.